The Morgan fingerprint density at radius 3 is 2.50 bits per heavy atom. The highest BCUT2D eigenvalue weighted by Gasteiger charge is 2.21. The predicted molar refractivity (Wildman–Crippen MR) is 56.7 cm³/mol. The molecule has 0 heterocycles. The lowest BCUT2D eigenvalue weighted by molar-refractivity contribution is -0.136. The number of ether oxygens (including phenoxy) is 1. The van der Waals surface area contributed by atoms with Crippen molar-refractivity contribution in [3.63, 3.8) is 0 Å². The summed E-state index contributed by atoms with van der Waals surface area (Å²) >= 11 is 0. The molecule has 88 valence electrons. The molecular weight excluding hydrogens is 214 g/mol. The fourth-order valence-corrected chi connectivity index (χ4v) is 1.22. The lowest BCUT2D eigenvalue weighted by Gasteiger charge is -2.13. The molecule has 2 unspecified atom stereocenters. The van der Waals surface area contributed by atoms with Crippen LogP contribution in [0.5, 0.6) is 5.75 Å². The van der Waals surface area contributed by atoms with Gasteiger partial charge < -0.3 is 4.74 Å². The Morgan fingerprint density at radius 1 is 1.38 bits per heavy atom. The van der Waals surface area contributed by atoms with E-state index in [1.54, 1.807) is 30.3 Å². The van der Waals surface area contributed by atoms with E-state index in [4.69, 9.17) is 4.74 Å². The van der Waals surface area contributed by atoms with Crippen LogP contribution in [0.3, 0.4) is 0 Å². The minimum absolute atomic E-state index is 0.247. The second kappa shape index (κ2) is 6.20. The average Bonchev–Trinajstić information content (AvgIpc) is 2.27. The van der Waals surface area contributed by atoms with E-state index in [-0.39, 0.29) is 6.42 Å². The Labute approximate surface area is 93.2 Å². The molecule has 0 amide bonds. The first-order valence-corrected chi connectivity index (χ1v) is 5.09. The topological polar surface area (TPSA) is 26.3 Å². The minimum Gasteiger partial charge on any atom is -0.427 e. The van der Waals surface area contributed by atoms with E-state index in [2.05, 4.69) is 0 Å². The molecule has 1 aromatic carbocycles. The number of benzene rings is 1. The molecule has 0 aliphatic carbocycles. The largest absolute Gasteiger partial charge is 0.427 e. The summed E-state index contributed by atoms with van der Waals surface area (Å²) in [5.74, 6) is -1.15. The van der Waals surface area contributed by atoms with Gasteiger partial charge in [-0.05, 0) is 19.1 Å². The molecule has 0 radical (unpaired) electrons. The number of halogens is 2. The van der Waals surface area contributed by atoms with Crippen molar-refractivity contribution in [2.45, 2.75) is 19.5 Å². The number of hydrogen-bond donors (Lipinski definition) is 0. The fraction of sp³-hybridized carbons (Fsp3) is 0.417. The van der Waals surface area contributed by atoms with E-state index in [9.17, 15) is 13.6 Å². The Kier molecular flexibility index (Phi) is 4.89. The normalized spacial score (nSPS) is 14.2. The Hall–Kier alpha value is -1.45. The molecule has 0 fully saturated rings. The molecule has 1 aromatic rings. The average molecular weight is 228 g/mol. The van der Waals surface area contributed by atoms with Crippen molar-refractivity contribution in [2.75, 3.05) is 6.67 Å². The summed E-state index contributed by atoms with van der Waals surface area (Å²) < 4.78 is 30.1. The third-order valence-electron chi connectivity index (χ3n) is 2.25. The summed E-state index contributed by atoms with van der Waals surface area (Å²) in [4.78, 5) is 11.3. The van der Waals surface area contributed by atoms with Gasteiger partial charge in [-0.15, -0.1) is 0 Å². The van der Waals surface area contributed by atoms with Gasteiger partial charge in [0.25, 0.3) is 0 Å². The predicted octanol–water partition coefficient (Wildman–Crippen LogP) is 2.93. The second-order valence-electron chi connectivity index (χ2n) is 3.58. The van der Waals surface area contributed by atoms with Crippen LogP contribution in [0.4, 0.5) is 8.78 Å². The maximum Gasteiger partial charge on any atom is 0.311 e. The third-order valence-corrected chi connectivity index (χ3v) is 2.25. The zero-order chi connectivity index (χ0) is 12.0. The van der Waals surface area contributed by atoms with Crippen LogP contribution >= 0.6 is 0 Å². The number of esters is 1. The number of rotatable bonds is 5. The Balaban J connectivity index is 2.47. The van der Waals surface area contributed by atoms with Crippen molar-refractivity contribution in [3.8, 4) is 5.75 Å². The van der Waals surface area contributed by atoms with Crippen molar-refractivity contribution in [2.24, 2.45) is 5.92 Å². The van der Waals surface area contributed by atoms with Crippen molar-refractivity contribution in [1.82, 2.24) is 0 Å². The fourth-order valence-electron chi connectivity index (χ4n) is 1.22. The van der Waals surface area contributed by atoms with Crippen LogP contribution in [-0.4, -0.2) is 18.8 Å². The zero-order valence-corrected chi connectivity index (χ0v) is 9.03. The highest BCUT2D eigenvalue weighted by molar-refractivity contribution is 5.72. The molecule has 2 atom stereocenters. The van der Waals surface area contributed by atoms with Crippen LogP contribution in [0.1, 0.15) is 13.3 Å². The van der Waals surface area contributed by atoms with E-state index in [1.807, 2.05) is 0 Å². The summed E-state index contributed by atoms with van der Waals surface area (Å²) in [5.41, 5.74) is 0. The Bertz CT molecular complexity index is 325. The molecule has 0 aliphatic heterocycles. The molecule has 0 aromatic heterocycles. The van der Waals surface area contributed by atoms with Crippen molar-refractivity contribution >= 4 is 5.97 Å². The number of hydrogen-bond acceptors (Lipinski definition) is 2. The van der Waals surface area contributed by atoms with Crippen LogP contribution in [0.25, 0.3) is 0 Å². The van der Waals surface area contributed by atoms with Gasteiger partial charge in [0.2, 0.25) is 0 Å². The minimum atomic E-state index is -1.35. The first-order chi connectivity index (χ1) is 7.63. The Morgan fingerprint density at radius 2 is 2.00 bits per heavy atom. The summed E-state index contributed by atoms with van der Waals surface area (Å²) in [5, 5.41) is 0. The molecule has 0 spiro atoms. The lowest BCUT2D eigenvalue weighted by atomic mass is 10.0. The van der Waals surface area contributed by atoms with Gasteiger partial charge in [0.1, 0.15) is 11.9 Å². The molecule has 1 rings (SSSR count). The molecule has 0 saturated carbocycles. The van der Waals surface area contributed by atoms with Gasteiger partial charge in [-0.2, -0.15) is 0 Å². The summed E-state index contributed by atoms with van der Waals surface area (Å²) in [6, 6.07) is 8.44. The molecule has 16 heavy (non-hydrogen) atoms. The maximum absolute atomic E-state index is 12.8. The van der Waals surface area contributed by atoms with E-state index >= 15 is 0 Å². The van der Waals surface area contributed by atoms with Gasteiger partial charge in [0.15, 0.2) is 0 Å². The lowest BCUT2D eigenvalue weighted by Crippen LogP contribution is -2.21. The summed E-state index contributed by atoms with van der Waals surface area (Å²) in [6.45, 7) is 0.377. The van der Waals surface area contributed by atoms with E-state index in [0.717, 1.165) is 0 Å². The molecular formula is C12H14F2O2. The number of alkyl halides is 2. The van der Waals surface area contributed by atoms with Gasteiger partial charge >= 0.3 is 5.97 Å². The number of para-hydroxylation sites is 1. The number of carbonyl (C=O) groups excluding carboxylic acids is 1. The monoisotopic (exact) mass is 228 g/mol. The molecule has 0 aliphatic rings. The van der Waals surface area contributed by atoms with E-state index in [1.165, 1.54) is 6.92 Å². The SMILES string of the molecule is CC(F)C(CF)CC(=O)Oc1ccccc1. The van der Waals surface area contributed by atoms with Crippen LogP contribution in [0.2, 0.25) is 0 Å². The van der Waals surface area contributed by atoms with Crippen LogP contribution in [-0.2, 0) is 4.79 Å². The van der Waals surface area contributed by atoms with Gasteiger partial charge in [-0.1, -0.05) is 18.2 Å². The quantitative estimate of drug-likeness (QED) is 0.572. The van der Waals surface area contributed by atoms with Crippen LogP contribution in [0.15, 0.2) is 30.3 Å². The number of carbonyl (C=O) groups is 1. The third kappa shape index (κ3) is 3.96. The smallest absolute Gasteiger partial charge is 0.311 e. The molecule has 4 heteroatoms. The van der Waals surface area contributed by atoms with Gasteiger partial charge in [-0.3, -0.25) is 9.18 Å². The first kappa shape index (κ1) is 12.6. The highest BCUT2D eigenvalue weighted by atomic mass is 19.1. The standard InChI is InChI=1S/C12H14F2O2/c1-9(14)10(8-13)7-12(15)16-11-5-3-2-4-6-11/h2-6,9-10H,7-8H2,1H3. The maximum atomic E-state index is 12.8. The molecule has 0 N–H and O–H groups in total. The summed E-state index contributed by atoms with van der Waals surface area (Å²) in [6.07, 6.45) is -1.60. The van der Waals surface area contributed by atoms with Gasteiger partial charge in [0, 0.05) is 5.92 Å². The van der Waals surface area contributed by atoms with E-state index < -0.39 is 24.7 Å². The summed E-state index contributed by atoms with van der Waals surface area (Å²) in [7, 11) is 0. The van der Waals surface area contributed by atoms with Crippen LogP contribution in [0, 0.1) is 5.92 Å². The van der Waals surface area contributed by atoms with Crippen molar-refractivity contribution < 1.29 is 18.3 Å². The first-order valence-electron chi connectivity index (χ1n) is 5.09. The molecule has 0 bridgehead atoms. The molecule has 2 nitrogen and oxygen atoms in total. The second-order valence-corrected chi connectivity index (χ2v) is 3.58. The van der Waals surface area contributed by atoms with Crippen LogP contribution < -0.4 is 4.74 Å². The highest BCUT2D eigenvalue weighted by Crippen LogP contribution is 2.16. The molecule has 0 saturated heterocycles. The van der Waals surface area contributed by atoms with Gasteiger partial charge in [0.05, 0.1) is 13.1 Å². The zero-order valence-electron chi connectivity index (χ0n) is 9.03. The van der Waals surface area contributed by atoms with Gasteiger partial charge in [-0.25, -0.2) is 4.39 Å². The van der Waals surface area contributed by atoms with E-state index in [0.29, 0.717) is 5.75 Å². The van der Waals surface area contributed by atoms with Crippen molar-refractivity contribution in [3.05, 3.63) is 30.3 Å². The van der Waals surface area contributed by atoms with Crippen molar-refractivity contribution in [1.29, 1.82) is 0 Å².